The Morgan fingerprint density at radius 3 is 2.69 bits per heavy atom. The van der Waals surface area contributed by atoms with Gasteiger partial charge in [0.25, 0.3) is 0 Å². The van der Waals surface area contributed by atoms with Crippen LogP contribution in [0.2, 0.25) is 5.02 Å². The number of nitrogens with zero attached hydrogens (tertiary/aromatic N) is 3. The van der Waals surface area contributed by atoms with Crippen LogP contribution in [0.25, 0.3) is 5.69 Å². The molecule has 0 amide bonds. The summed E-state index contributed by atoms with van der Waals surface area (Å²) in [5, 5.41) is 13.6. The van der Waals surface area contributed by atoms with Gasteiger partial charge < -0.3 is 9.67 Å². The average Bonchev–Trinajstić information content (AvgIpc) is 2.69. The summed E-state index contributed by atoms with van der Waals surface area (Å²) in [5.41, 5.74) is 1.59. The predicted molar refractivity (Wildman–Crippen MR) is 59.2 cm³/mol. The third-order valence-electron chi connectivity index (χ3n) is 2.25. The second-order valence-corrected chi connectivity index (χ2v) is 3.93. The number of aromatic nitrogens is 3. The molecule has 0 fully saturated rings. The fraction of sp³-hybridized carbons (Fsp3) is 0.200. The topological polar surface area (TPSA) is 60.0 Å². The highest BCUT2D eigenvalue weighted by atomic mass is 35.5. The monoisotopic (exact) mass is 239 g/mol. The average molecular weight is 240 g/mol. The van der Waals surface area contributed by atoms with Crippen LogP contribution in [0.3, 0.4) is 0 Å². The van der Waals surface area contributed by atoms with Gasteiger partial charge in [-0.2, -0.15) is 5.10 Å². The number of carboxylic acid groups (broad SMARTS) is 1. The van der Waals surface area contributed by atoms with Crippen LogP contribution < -0.4 is 0 Å². The van der Waals surface area contributed by atoms with Gasteiger partial charge in [-0.05, 0) is 13.0 Å². The van der Waals surface area contributed by atoms with E-state index < -0.39 is 5.97 Å². The molecule has 0 spiro atoms. The van der Waals surface area contributed by atoms with Crippen LogP contribution in [0.5, 0.6) is 0 Å². The minimum absolute atomic E-state index is 0.126. The van der Waals surface area contributed by atoms with Crippen molar-refractivity contribution in [1.29, 1.82) is 0 Å². The Kier molecular flexibility index (Phi) is 2.47. The maximum atomic E-state index is 11.0. The number of hydrogen-bond donors (Lipinski definition) is 1. The Balaban J connectivity index is 2.63. The Labute approximate surface area is 96.9 Å². The number of carboxylic acids is 1. The Morgan fingerprint density at radius 1 is 1.50 bits per heavy atom. The molecule has 16 heavy (non-hydrogen) atoms. The molecule has 0 aliphatic rings. The van der Waals surface area contributed by atoms with Gasteiger partial charge >= 0.3 is 5.97 Å². The molecule has 84 valence electrons. The first-order valence-electron chi connectivity index (χ1n) is 4.61. The number of carbonyl (C=O) groups is 1. The van der Waals surface area contributed by atoms with Gasteiger partial charge in [0.05, 0.1) is 16.4 Å². The maximum absolute atomic E-state index is 11.0. The molecule has 2 rings (SSSR count). The second-order valence-electron chi connectivity index (χ2n) is 3.49. The molecular weight excluding hydrogens is 230 g/mol. The predicted octanol–water partition coefficient (Wildman–Crippen LogP) is 1.87. The highest BCUT2D eigenvalue weighted by Gasteiger charge is 2.15. The second kappa shape index (κ2) is 3.68. The molecule has 6 heteroatoms. The molecule has 0 aliphatic heterocycles. The third kappa shape index (κ3) is 1.69. The first-order chi connectivity index (χ1) is 7.49. The van der Waals surface area contributed by atoms with E-state index in [0.717, 1.165) is 5.69 Å². The fourth-order valence-electron chi connectivity index (χ4n) is 1.62. The molecule has 2 aromatic heterocycles. The van der Waals surface area contributed by atoms with E-state index in [1.54, 1.807) is 24.1 Å². The zero-order chi connectivity index (χ0) is 11.9. The summed E-state index contributed by atoms with van der Waals surface area (Å²) in [6.45, 7) is 1.81. The van der Waals surface area contributed by atoms with E-state index in [4.69, 9.17) is 16.7 Å². The molecule has 0 bridgehead atoms. The van der Waals surface area contributed by atoms with E-state index in [1.807, 2.05) is 6.92 Å². The van der Waals surface area contributed by atoms with Gasteiger partial charge in [0.2, 0.25) is 0 Å². The SMILES string of the molecule is Cc1nn(C)cc1-n1cc(Cl)cc1C(=O)O. The third-order valence-corrected chi connectivity index (χ3v) is 2.46. The number of aromatic carboxylic acids is 1. The van der Waals surface area contributed by atoms with E-state index in [9.17, 15) is 4.79 Å². The summed E-state index contributed by atoms with van der Waals surface area (Å²) in [5.74, 6) is -1.02. The molecule has 0 saturated heterocycles. The minimum atomic E-state index is -1.02. The minimum Gasteiger partial charge on any atom is -0.477 e. The van der Waals surface area contributed by atoms with Gasteiger partial charge in [0, 0.05) is 19.4 Å². The number of hydrogen-bond acceptors (Lipinski definition) is 2. The van der Waals surface area contributed by atoms with Gasteiger partial charge in [-0.3, -0.25) is 4.68 Å². The molecule has 5 nitrogen and oxygen atoms in total. The largest absolute Gasteiger partial charge is 0.477 e. The fourth-order valence-corrected chi connectivity index (χ4v) is 1.82. The molecule has 2 aromatic rings. The molecule has 0 aliphatic carbocycles. The van der Waals surface area contributed by atoms with Crippen LogP contribution in [0, 0.1) is 6.92 Å². The van der Waals surface area contributed by atoms with E-state index in [-0.39, 0.29) is 5.69 Å². The summed E-state index contributed by atoms with van der Waals surface area (Å²) in [4.78, 5) is 11.0. The summed E-state index contributed by atoms with van der Waals surface area (Å²) >= 11 is 5.81. The van der Waals surface area contributed by atoms with Crippen molar-refractivity contribution in [2.24, 2.45) is 7.05 Å². The summed E-state index contributed by atoms with van der Waals surface area (Å²) in [7, 11) is 1.78. The summed E-state index contributed by atoms with van der Waals surface area (Å²) in [6, 6.07) is 1.41. The molecule has 0 atom stereocenters. The zero-order valence-corrected chi connectivity index (χ0v) is 9.56. The molecule has 1 N–H and O–H groups in total. The quantitative estimate of drug-likeness (QED) is 0.870. The normalized spacial score (nSPS) is 10.7. The lowest BCUT2D eigenvalue weighted by molar-refractivity contribution is 0.0688. The van der Waals surface area contributed by atoms with Gasteiger partial charge in [0.1, 0.15) is 5.69 Å². The van der Waals surface area contributed by atoms with Crippen molar-refractivity contribution in [3.05, 3.63) is 34.9 Å². The Morgan fingerprint density at radius 2 is 2.19 bits per heavy atom. The summed E-state index contributed by atoms with van der Waals surface area (Å²) < 4.78 is 3.15. The zero-order valence-electron chi connectivity index (χ0n) is 8.81. The lowest BCUT2D eigenvalue weighted by Crippen LogP contribution is -2.05. The number of rotatable bonds is 2. The van der Waals surface area contributed by atoms with Crippen molar-refractivity contribution >= 4 is 17.6 Å². The van der Waals surface area contributed by atoms with Crippen molar-refractivity contribution in [2.75, 3.05) is 0 Å². The highest BCUT2D eigenvalue weighted by molar-refractivity contribution is 6.31. The van der Waals surface area contributed by atoms with E-state index in [2.05, 4.69) is 5.10 Å². The standard InChI is InChI=1S/C10H10ClN3O2/c1-6-9(5-13(2)12-6)14-4-7(11)3-8(14)10(15)16/h3-5H,1-2H3,(H,15,16). The van der Waals surface area contributed by atoms with Crippen molar-refractivity contribution < 1.29 is 9.90 Å². The van der Waals surface area contributed by atoms with Gasteiger partial charge in [-0.25, -0.2) is 4.79 Å². The summed E-state index contributed by atoms with van der Waals surface area (Å²) in [6.07, 6.45) is 3.31. The Bertz CT molecular complexity index is 556. The molecule has 0 aromatic carbocycles. The maximum Gasteiger partial charge on any atom is 0.352 e. The van der Waals surface area contributed by atoms with Crippen LogP contribution in [0.4, 0.5) is 0 Å². The van der Waals surface area contributed by atoms with Crippen LogP contribution >= 0.6 is 11.6 Å². The molecule has 0 unspecified atom stereocenters. The molecular formula is C10H10ClN3O2. The van der Waals surface area contributed by atoms with Crippen LogP contribution in [0.1, 0.15) is 16.2 Å². The Hall–Kier alpha value is -1.75. The molecule has 2 heterocycles. The highest BCUT2D eigenvalue weighted by Crippen LogP contribution is 2.21. The van der Waals surface area contributed by atoms with Crippen LogP contribution in [-0.4, -0.2) is 25.4 Å². The lowest BCUT2D eigenvalue weighted by atomic mass is 10.3. The smallest absolute Gasteiger partial charge is 0.352 e. The van der Waals surface area contributed by atoms with E-state index in [0.29, 0.717) is 10.7 Å². The van der Waals surface area contributed by atoms with Crippen molar-refractivity contribution in [2.45, 2.75) is 6.92 Å². The van der Waals surface area contributed by atoms with Gasteiger partial charge in [-0.15, -0.1) is 0 Å². The van der Waals surface area contributed by atoms with Crippen molar-refractivity contribution in [3.8, 4) is 5.69 Å². The van der Waals surface area contributed by atoms with Crippen LogP contribution in [-0.2, 0) is 7.05 Å². The first-order valence-corrected chi connectivity index (χ1v) is 4.98. The van der Waals surface area contributed by atoms with E-state index >= 15 is 0 Å². The van der Waals surface area contributed by atoms with Crippen LogP contribution in [0.15, 0.2) is 18.5 Å². The van der Waals surface area contributed by atoms with Crippen molar-refractivity contribution in [1.82, 2.24) is 14.3 Å². The van der Waals surface area contributed by atoms with Gasteiger partial charge in [-0.1, -0.05) is 11.6 Å². The molecule has 0 saturated carbocycles. The lowest BCUT2D eigenvalue weighted by Gasteiger charge is -2.03. The van der Waals surface area contributed by atoms with Crippen molar-refractivity contribution in [3.63, 3.8) is 0 Å². The van der Waals surface area contributed by atoms with E-state index in [1.165, 1.54) is 10.6 Å². The number of aryl methyl sites for hydroxylation is 2. The first kappa shape index (κ1) is 10.8. The van der Waals surface area contributed by atoms with Gasteiger partial charge in [0.15, 0.2) is 0 Å². The molecule has 0 radical (unpaired) electrons. The number of halogens is 1.